The van der Waals surface area contributed by atoms with Gasteiger partial charge in [-0.05, 0) is 12.8 Å². The van der Waals surface area contributed by atoms with Gasteiger partial charge in [0.15, 0.2) is 0 Å². The molecule has 1 fully saturated rings. The zero-order valence-corrected chi connectivity index (χ0v) is 7.38. The summed E-state index contributed by atoms with van der Waals surface area (Å²) in [5.74, 6) is 2.81. The van der Waals surface area contributed by atoms with Crippen LogP contribution in [0.3, 0.4) is 0 Å². The van der Waals surface area contributed by atoms with E-state index in [1.54, 1.807) is 0 Å². The van der Waals surface area contributed by atoms with Crippen molar-refractivity contribution in [1.29, 1.82) is 0 Å². The number of rotatable bonds is 0. The number of hydrogen-bond donors (Lipinski definition) is 0. The van der Waals surface area contributed by atoms with Crippen molar-refractivity contribution >= 4 is 11.5 Å². The SMILES string of the molecule is C#CC1=NOC2(CCC(=O)CC2)C1. The summed E-state index contributed by atoms with van der Waals surface area (Å²) in [6.07, 6.45) is 8.67. The minimum absolute atomic E-state index is 0.240. The fraction of sp³-hybridized carbons (Fsp3) is 0.600. The molecule has 0 aromatic rings. The molecule has 0 saturated heterocycles. The van der Waals surface area contributed by atoms with Crippen molar-refractivity contribution in [3.8, 4) is 12.3 Å². The van der Waals surface area contributed by atoms with Gasteiger partial charge >= 0.3 is 0 Å². The molecule has 0 aromatic carbocycles. The number of nitrogens with zero attached hydrogens (tertiary/aromatic N) is 1. The number of hydrogen-bond acceptors (Lipinski definition) is 3. The molecule has 1 spiro atoms. The van der Waals surface area contributed by atoms with Gasteiger partial charge in [-0.15, -0.1) is 6.42 Å². The van der Waals surface area contributed by atoms with Crippen LogP contribution in [0.15, 0.2) is 5.16 Å². The Morgan fingerprint density at radius 1 is 1.46 bits per heavy atom. The molecule has 0 bridgehead atoms. The topological polar surface area (TPSA) is 38.7 Å². The first-order valence-electron chi connectivity index (χ1n) is 4.47. The molecule has 3 heteroatoms. The summed E-state index contributed by atoms with van der Waals surface area (Å²) in [4.78, 5) is 16.3. The van der Waals surface area contributed by atoms with Crippen LogP contribution in [0.5, 0.6) is 0 Å². The van der Waals surface area contributed by atoms with Gasteiger partial charge in [0.2, 0.25) is 0 Å². The average Bonchev–Trinajstić information content (AvgIpc) is 2.55. The Bertz CT molecular complexity index is 301. The number of ketones is 1. The lowest BCUT2D eigenvalue weighted by molar-refractivity contribution is -0.127. The molecule has 0 atom stereocenters. The summed E-state index contributed by atoms with van der Waals surface area (Å²) in [7, 11) is 0. The lowest BCUT2D eigenvalue weighted by Crippen LogP contribution is -2.34. The Labute approximate surface area is 77.1 Å². The highest BCUT2D eigenvalue weighted by molar-refractivity contribution is 6.01. The van der Waals surface area contributed by atoms with Gasteiger partial charge in [-0.3, -0.25) is 4.79 Å². The van der Waals surface area contributed by atoms with Gasteiger partial charge in [0.25, 0.3) is 0 Å². The maximum Gasteiger partial charge on any atom is 0.144 e. The minimum atomic E-state index is -0.240. The van der Waals surface area contributed by atoms with E-state index in [9.17, 15) is 4.79 Å². The number of carbonyl (C=O) groups excluding carboxylic acids is 1. The molecule has 0 radical (unpaired) electrons. The summed E-state index contributed by atoms with van der Waals surface area (Å²) >= 11 is 0. The highest BCUT2D eigenvalue weighted by Gasteiger charge is 2.41. The summed E-state index contributed by atoms with van der Waals surface area (Å²) < 4.78 is 0. The second kappa shape index (κ2) is 2.88. The average molecular weight is 177 g/mol. The van der Waals surface area contributed by atoms with Crippen LogP contribution in [-0.2, 0) is 9.63 Å². The normalized spacial score (nSPS) is 25.2. The fourth-order valence-corrected chi connectivity index (χ4v) is 1.85. The molecule has 0 unspecified atom stereocenters. The molecule has 0 N–H and O–H groups in total. The Kier molecular flexibility index (Phi) is 1.84. The van der Waals surface area contributed by atoms with Gasteiger partial charge in [0.05, 0.1) is 0 Å². The smallest absolute Gasteiger partial charge is 0.144 e. The lowest BCUT2D eigenvalue weighted by atomic mass is 9.81. The van der Waals surface area contributed by atoms with Crippen LogP contribution in [-0.4, -0.2) is 17.1 Å². The Balaban J connectivity index is 2.03. The van der Waals surface area contributed by atoms with E-state index in [0.717, 1.165) is 12.8 Å². The van der Waals surface area contributed by atoms with Crippen LogP contribution in [0, 0.1) is 12.3 Å². The van der Waals surface area contributed by atoms with Crippen molar-refractivity contribution < 1.29 is 9.63 Å². The van der Waals surface area contributed by atoms with E-state index in [2.05, 4.69) is 11.1 Å². The molecule has 1 aliphatic heterocycles. The number of carbonyl (C=O) groups is 1. The third-order valence-corrected chi connectivity index (χ3v) is 2.72. The van der Waals surface area contributed by atoms with Crippen molar-refractivity contribution in [2.45, 2.75) is 37.7 Å². The maximum absolute atomic E-state index is 11.0. The van der Waals surface area contributed by atoms with Crippen LogP contribution in [0.4, 0.5) is 0 Å². The first-order valence-corrected chi connectivity index (χ1v) is 4.47. The number of oxime groups is 1. The second-order valence-electron chi connectivity index (χ2n) is 3.67. The lowest BCUT2D eigenvalue weighted by Gasteiger charge is -2.29. The van der Waals surface area contributed by atoms with E-state index < -0.39 is 0 Å². The first-order chi connectivity index (χ1) is 6.24. The molecule has 0 aromatic heterocycles. The largest absolute Gasteiger partial charge is 0.388 e. The van der Waals surface area contributed by atoms with Gasteiger partial charge in [0.1, 0.15) is 17.1 Å². The van der Waals surface area contributed by atoms with Gasteiger partial charge in [0, 0.05) is 19.3 Å². The summed E-state index contributed by atoms with van der Waals surface area (Å²) in [6, 6.07) is 0. The molecular formula is C10H11NO2. The summed E-state index contributed by atoms with van der Waals surface area (Å²) in [5.41, 5.74) is 0.435. The van der Waals surface area contributed by atoms with E-state index in [0.29, 0.717) is 30.8 Å². The quantitative estimate of drug-likeness (QED) is 0.523. The predicted octanol–water partition coefficient (Wildman–Crippen LogP) is 1.28. The standard InChI is InChI=1S/C10H11NO2/c1-2-8-7-10(13-11-8)5-3-9(12)4-6-10/h1H,3-7H2. The van der Waals surface area contributed by atoms with Crippen molar-refractivity contribution in [1.82, 2.24) is 0 Å². The third-order valence-electron chi connectivity index (χ3n) is 2.72. The number of terminal acetylenes is 1. The van der Waals surface area contributed by atoms with Gasteiger partial charge in [-0.2, -0.15) is 0 Å². The van der Waals surface area contributed by atoms with E-state index in [1.165, 1.54) is 0 Å². The summed E-state index contributed by atoms with van der Waals surface area (Å²) in [6.45, 7) is 0. The van der Waals surface area contributed by atoms with Crippen molar-refractivity contribution in [2.24, 2.45) is 5.16 Å². The Morgan fingerprint density at radius 2 is 2.15 bits per heavy atom. The monoisotopic (exact) mass is 177 g/mol. The van der Waals surface area contributed by atoms with E-state index in [4.69, 9.17) is 11.3 Å². The molecule has 13 heavy (non-hydrogen) atoms. The van der Waals surface area contributed by atoms with E-state index in [-0.39, 0.29) is 5.60 Å². The maximum atomic E-state index is 11.0. The Morgan fingerprint density at radius 3 is 2.69 bits per heavy atom. The Hall–Kier alpha value is -1.30. The molecular weight excluding hydrogens is 166 g/mol. The van der Waals surface area contributed by atoms with Crippen LogP contribution in [0.25, 0.3) is 0 Å². The van der Waals surface area contributed by atoms with E-state index in [1.807, 2.05) is 0 Å². The van der Waals surface area contributed by atoms with Gasteiger partial charge in [-0.25, -0.2) is 0 Å². The van der Waals surface area contributed by atoms with Crippen molar-refractivity contribution in [2.75, 3.05) is 0 Å². The molecule has 1 aliphatic carbocycles. The minimum Gasteiger partial charge on any atom is -0.388 e. The highest BCUT2D eigenvalue weighted by Crippen LogP contribution is 2.36. The van der Waals surface area contributed by atoms with Crippen molar-refractivity contribution in [3.05, 3.63) is 0 Å². The molecule has 2 rings (SSSR count). The second-order valence-corrected chi connectivity index (χ2v) is 3.67. The zero-order valence-electron chi connectivity index (χ0n) is 7.38. The fourth-order valence-electron chi connectivity index (χ4n) is 1.85. The van der Waals surface area contributed by atoms with Crippen LogP contribution >= 0.6 is 0 Å². The van der Waals surface area contributed by atoms with Gasteiger partial charge < -0.3 is 4.84 Å². The van der Waals surface area contributed by atoms with Gasteiger partial charge in [-0.1, -0.05) is 11.1 Å². The zero-order chi connectivity index (χ0) is 9.31. The first kappa shape index (κ1) is 8.31. The summed E-state index contributed by atoms with van der Waals surface area (Å²) in [5, 5.41) is 3.83. The molecule has 68 valence electrons. The van der Waals surface area contributed by atoms with Crippen molar-refractivity contribution in [3.63, 3.8) is 0 Å². The van der Waals surface area contributed by atoms with Crippen LogP contribution in [0.1, 0.15) is 32.1 Å². The van der Waals surface area contributed by atoms with Crippen LogP contribution < -0.4 is 0 Å². The van der Waals surface area contributed by atoms with Crippen LogP contribution in [0.2, 0.25) is 0 Å². The molecule has 1 saturated carbocycles. The molecule has 1 heterocycles. The number of Topliss-reactive ketones (excluding diaryl/α,β-unsaturated/α-hetero) is 1. The van der Waals surface area contributed by atoms with E-state index >= 15 is 0 Å². The predicted molar refractivity (Wildman–Crippen MR) is 48.2 cm³/mol. The highest BCUT2D eigenvalue weighted by atomic mass is 16.7. The molecule has 3 nitrogen and oxygen atoms in total. The molecule has 0 amide bonds. The third kappa shape index (κ3) is 1.44. The molecule has 2 aliphatic rings.